The molecule has 76 valence electrons. The van der Waals surface area contributed by atoms with Crippen LogP contribution in [-0.2, 0) is 4.79 Å². The molecule has 0 aromatic carbocycles. The Kier molecular flexibility index (Phi) is 5.68. The van der Waals surface area contributed by atoms with Crippen LogP contribution in [0.25, 0.3) is 0 Å². The Morgan fingerprint density at radius 1 is 1.15 bits per heavy atom. The van der Waals surface area contributed by atoms with Crippen LogP contribution in [0, 0.1) is 5.92 Å². The smallest absolute Gasteiger partial charge is 0.130 e. The number of hydrogen-bond donors (Lipinski definition) is 0. The van der Waals surface area contributed by atoms with Crippen molar-refractivity contribution >= 4 is 5.78 Å². The van der Waals surface area contributed by atoms with Gasteiger partial charge in [0.2, 0.25) is 0 Å². The molecule has 0 rings (SSSR count). The first-order chi connectivity index (χ1) is 5.93. The number of carbonyl (C=O) groups is 1. The minimum Gasteiger partial charge on any atom is -0.300 e. The van der Waals surface area contributed by atoms with E-state index in [0.717, 1.165) is 19.3 Å². The highest BCUT2D eigenvalue weighted by Gasteiger charge is 2.05. The number of allylic oxidation sites excluding steroid dienone is 2. The maximum atomic E-state index is 10.8. The van der Waals surface area contributed by atoms with E-state index in [4.69, 9.17) is 0 Å². The van der Waals surface area contributed by atoms with E-state index in [1.165, 1.54) is 11.1 Å². The zero-order chi connectivity index (χ0) is 10.4. The highest BCUT2D eigenvalue weighted by Crippen LogP contribution is 2.17. The third kappa shape index (κ3) is 6.56. The van der Waals surface area contributed by atoms with Gasteiger partial charge < -0.3 is 4.79 Å². The van der Waals surface area contributed by atoms with Crippen LogP contribution < -0.4 is 0 Å². The molecule has 0 bridgehead atoms. The SMILES string of the molecule is CC(=O)CC(C)CCC(C)=C(C)C. The van der Waals surface area contributed by atoms with Crippen molar-refractivity contribution in [1.29, 1.82) is 0 Å². The first-order valence-electron chi connectivity index (χ1n) is 5.06. The van der Waals surface area contributed by atoms with Crippen molar-refractivity contribution in [2.75, 3.05) is 0 Å². The van der Waals surface area contributed by atoms with E-state index in [2.05, 4.69) is 27.7 Å². The highest BCUT2D eigenvalue weighted by atomic mass is 16.1. The average Bonchev–Trinajstić information content (AvgIpc) is 1.98. The summed E-state index contributed by atoms with van der Waals surface area (Å²) in [7, 11) is 0. The zero-order valence-corrected chi connectivity index (χ0v) is 9.61. The fourth-order valence-electron chi connectivity index (χ4n) is 1.31. The van der Waals surface area contributed by atoms with Crippen LogP contribution in [0.15, 0.2) is 11.1 Å². The minimum atomic E-state index is 0.308. The van der Waals surface area contributed by atoms with Crippen LogP contribution in [0.3, 0.4) is 0 Å². The maximum Gasteiger partial charge on any atom is 0.130 e. The van der Waals surface area contributed by atoms with Crippen LogP contribution in [-0.4, -0.2) is 5.78 Å². The molecule has 0 N–H and O–H groups in total. The van der Waals surface area contributed by atoms with E-state index in [1.54, 1.807) is 6.92 Å². The van der Waals surface area contributed by atoms with E-state index >= 15 is 0 Å². The van der Waals surface area contributed by atoms with Crippen molar-refractivity contribution in [2.24, 2.45) is 5.92 Å². The second-order valence-electron chi connectivity index (χ2n) is 4.33. The van der Waals surface area contributed by atoms with Crippen molar-refractivity contribution < 1.29 is 4.79 Å². The molecule has 1 nitrogen and oxygen atoms in total. The van der Waals surface area contributed by atoms with Gasteiger partial charge in [-0.1, -0.05) is 18.1 Å². The minimum absolute atomic E-state index is 0.308. The summed E-state index contributed by atoms with van der Waals surface area (Å²) < 4.78 is 0. The molecule has 1 unspecified atom stereocenters. The summed E-state index contributed by atoms with van der Waals surface area (Å²) in [5.41, 5.74) is 2.88. The van der Waals surface area contributed by atoms with E-state index < -0.39 is 0 Å². The summed E-state index contributed by atoms with van der Waals surface area (Å²) >= 11 is 0. The zero-order valence-electron chi connectivity index (χ0n) is 9.61. The Morgan fingerprint density at radius 3 is 2.08 bits per heavy atom. The van der Waals surface area contributed by atoms with E-state index in [-0.39, 0.29) is 0 Å². The lowest BCUT2D eigenvalue weighted by atomic mass is 9.96. The van der Waals surface area contributed by atoms with Crippen molar-refractivity contribution in [1.82, 2.24) is 0 Å². The van der Waals surface area contributed by atoms with Crippen LogP contribution in [0.5, 0.6) is 0 Å². The average molecular weight is 182 g/mol. The second kappa shape index (κ2) is 5.95. The van der Waals surface area contributed by atoms with Crippen LogP contribution >= 0.6 is 0 Å². The normalized spacial score (nSPS) is 12.4. The molecule has 1 heteroatoms. The molecule has 0 saturated carbocycles. The third-order valence-electron chi connectivity index (χ3n) is 2.50. The summed E-state index contributed by atoms with van der Waals surface area (Å²) in [5.74, 6) is 0.842. The summed E-state index contributed by atoms with van der Waals surface area (Å²) in [6.07, 6.45) is 3.00. The van der Waals surface area contributed by atoms with Gasteiger partial charge in [-0.05, 0) is 46.5 Å². The molecule has 0 aromatic rings. The summed E-state index contributed by atoms with van der Waals surface area (Å²) in [6.45, 7) is 10.3. The number of hydrogen-bond acceptors (Lipinski definition) is 1. The largest absolute Gasteiger partial charge is 0.300 e. The lowest BCUT2D eigenvalue weighted by Gasteiger charge is -2.10. The number of ketones is 1. The molecule has 13 heavy (non-hydrogen) atoms. The van der Waals surface area contributed by atoms with Crippen LogP contribution in [0.4, 0.5) is 0 Å². The van der Waals surface area contributed by atoms with Gasteiger partial charge in [0.25, 0.3) is 0 Å². The molecule has 0 aliphatic rings. The van der Waals surface area contributed by atoms with E-state index in [9.17, 15) is 4.79 Å². The first kappa shape index (κ1) is 12.4. The summed E-state index contributed by atoms with van der Waals surface area (Å²) in [5, 5.41) is 0. The molecule has 0 aromatic heterocycles. The van der Waals surface area contributed by atoms with Gasteiger partial charge in [0.05, 0.1) is 0 Å². The third-order valence-corrected chi connectivity index (χ3v) is 2.50. The molecule has 0 spiro atoms. The topological polar surface area (TPSA) is 17.1 Å². The lowest BCUT2D eigenvalue weighted by Crippen LogP contribution is -2.01. The molecule has 0 saturated heterocycles. The fraction of sp³-hybridized carbons (Fsp3) is 0.750. The fourth-order valence-corrected chi connectivity index (χ4v) is 1.31. The maximum absolute atomic E-state index is 10.8. The molecule has 0 aliphatic heterocycles. The van der Waals surface area contributed by atoms with Crippen LogP contribution in [0.2, 0.25) is 0 Å². The quantitative estimate of drug-likeness (QED) is 0.592. The predicted octanol–water partition coefficient (Wildman–Crippen LogP) is 3.74. The van der Waals surface area contributed by atoms with Gasteiger partial charge in [0, 0.05) is 6.42 Å². The number of carbonyl (C=O) groups excluding carboxylic acids is 1. The van der Waals surface area contributed by atoms with Crippen LogP contribution in [0.1, 0.15) is 53.9 Å². The molecule has 1 atom stereocenters. The van der Waals surface area contributed by atoms with Gasteiger partial charge in [-0.3, -0.25) is 0 Å². The van der Waals surface area contributed by atoms with Crippen molar-refractivity contribution in [3.8, 4) is 0 Å². The second-order valence-corrected chi connectivity index (χ2v) is 4.33. The summed E-state index contributed by atoms with van der Waals surface area (Å²) in [4.78, 5) is 10.8. The van der Waals surface area contributed by atoms with Gasteiger partial charge in [-0.25, -0.2) is 0 Å². The van der Waals surface area contributed by atoms with E-state index in [0.29, 0.717) is 11.7 Å². The lowest BCUT2D eigenvalue weighted by molar-refractivity contribution is -0.117. The molecule has 0 radical (unpaired) electrons. The molecular weight excluding hydrogens is 160 g/mol. The van der Waals surface area contributed by atoms with Gasteiger partial charge in [-0.15, -0.1) is 0 Å². The predicted molar refractivity (Wildman–Crippen MR) is 57.7 cm³/mol. The van der Waals surface area contributed by atoms with Crippen molar-refractivity contribution in [3.63, 3.8) is 0 Å². The van der Waals surface area contributed by atoms with Gasteiger partial charge in [0.15, 0.2) is 0 Å². The van der Waals surface area contributed by atoms with Crippen molar-refractivity contribution in [2.45, 2.75) is 53.9 Å². The molecule has 0 amide bonds. The van der Waals surface area contributed by atoms with Crippen molar-refractivity contribution in [3.05, 3.63) is 11.1 Å². The number of rotatable bonds is 5. The highest BCUT2D eigenvalue weighted by molar-refractivity contribution is 5.75. The molecule has 0 heterocycles. The Labute approximate surface area is 82.2 Å². The Balaban J connectivity index is 3.77. The van der Waals surface area contributed by atoms with Gasteiger partial charge in [0.1, 0.15) is 5.78 Å². The monoisotopic (exact) mass is 182 g/mol. The summed E-state index contributed by atoms with van der Waals surface area (Å²) in [6, 6.07) is 0. The number of Topliss-reactive ketones (excluding diaryl/α,β-unsaturated/α-hetero) is 1. The first-order valence-corrected chi connectivity index (χ1v) is 5.06. The Hall–Kier alpha value is -0.590. The Bertz CT molecular complexity index is 197. The molecular formula is C12H22O. The van der Waals surface area contributed by atoms with E-state index in [1.807, 2.05) is 0 Å². The molecule has 0 fully saturated rings. The Morgan fingerprint density at radius 2 is 1.69 bits per heavy atom. The van der Waals surface area contributed by atoms with Gasteiger partial charge in [-0.2, -0.15) is 0 Å². The standard InChI is InChI=1S/C12H22O/c1-9(2)11(4)7-6-10(3)8-12(5)13/h10H,6-8H2,1-5H3. The molecule has 0 aliphatic carbocycles. The van der Waals surface area contributed by atoms with Gasteiger partial charge >= 0.3 is 0 Å².